The van der Waals surface area contributed by atoms with Gasteiger partial charge in [0.15, 0.2) is 0 Å². The number of benzene rings is 1. The molecule has 0 atom stereocenters. The number of alkyl halides is 1. The third kappa shape index (κ3) is 5.66. The fraction of sp³-hybridized carbons (Fsp3) is 0.500. The molecule has 1 aromatic rings. The second-order valence-electron chi connectivity index (χ2n) is 4.67. The molecule has 96 valence electrons. The van der Waals surface area contributed by atoms with Gasteiger partial charge in [-0.2, -0.15) is 0 Å². The smallest absolute Gasteiger partial charge is 0.212 e. The second kappa shape index (κ2) is 5.98. The molecule has 0 heterocycles. The highest BCUT2D eigenvalue weighted by atomic mass is 79.9. The molecular formula is C12H18BrNO2S. The van der Waals surface area contributed by atoms with Crippen LogP contribution in [0.15, 0.2) is 30.3 Å². The first-order chi connectivity index (χ1) is 7.85. The molecule has 0 aliphatic rings. The lowest BCUT2D eigenvalue weighted by Gasteiger charge is -2.25. The summed E-state index contributed by atoms with van der Waals surface area (Å²) in [5, 5.41) is 0.772. The van der Waals surface area contributed by atoms with E-state index < -0.39 is 15.6 Å². The molecule has 3 nitrogen and oxygen atoms in total. The van der Waals surface area contributed by atoms with E-state index in [1.807, 2.05) is 44.2 Å². The summed E-state index contributed by atoms with van der Waals surface area (Å²) in [5.74, 6) is 0.0273. The fourth-order valence-corrected chi connectivity index (χ4v) is 4.18. The van der Waals surface area contributed by atoms with Gasteiger partial charge >= 0.3 is 0 Å². The topological polar surface area (TPSA) is 46.2 Å². The van der Waals surface area contributed by atoms with Crippen molar-refractivity contribution in [3.8, 4) is 0 Å². The molecular weight excluding hydrogens is 302 g/mol. The Morgan fingerprint density at radius 3 is 2.35 bits per heavy atom. The van der Waals surface area contributed by atoms with E-state index in [1.54, 1.807) is 0 Å². The Morgan fingerprint density at radius 2 is 1.82 bits per heavy atom. The molecule has 0 fully saturated rings. The average molecular weight is 320 g/mol. The van der Waals surface area contributed by atoms with Crippen LogP contribution >= 0.6 is 15.9 Å². The van der Waals surface area contributed by atoms with Gasteiger partial charge in [-0.15, -0.1) is 0 Å². The Bertz CT molecular complexity index is 443. The van der Waals surface area contributed by atoms with Crippen LogP contribution in [0.1, 0.15) is 25.8 Å². The van der Waals surface area contributed by atoms with E-state index in [2.05, 4.69) is 20.7 Å². The highest BCUT2D eigenvalue weighted by Gasteiger charge is 2.24. The molecule has 0 saturated carbocycles. The fourth-order valence-electron chi connectivity index (χ4n) is 1.54. The Hall–Kier alpha value is -0.390. The van der Waals surface area contributed by atoms with Crippen molar-refractivity contribution in [1.82, 2.24) is 4.72 Å². The molecule has 0 aliphatic heterocycles. The Balaban J connectivity index is 2.70. The number of halogens is 1. The van der Waals surface area contributed by atoms with Gasteiger partial charge in [0.2, 0.25) is 10.0 Å². The lowest BCUT2D eigenvalue weighted by atomic mass is 10.0. The van der Waals surface area contributed by atoms with E-state index >= 15 is 0 Å². The van der Waals surface area contributed by atoms with E-state index in [4.69, 9.17) is 0 Å². The molecule has 0 aliphatic carbocycles. The van der Waals surface area contributed by atoms with Gasteiger partial charge in [-0.3, -0.25) is 0 Å². The van der Waals surface area contributed by atoms with Crippen molar-refractivity contribution < 1.29 is 8.42 Å². The Labute approximate surface area is 112 Å². The number of hydrogen-bond donors (Lipinski definition) is 1. The monoisotopic (exact) mass is 319 g/mol. The van der Waals surface area contributed by atoms with Crippen molar-refractivity contribution in [3.63, 3.8) is 0 Å². The van der Waals surface area contributed by atoms with Crippen molar-refractivity contribution in [2.24, 2.45) is 0 Å². The van der Waals surface area contributed by atoms with Crippen molar-refractivity contribution in [2.75, 3.05) is 5.33 Å². The Kier molecular flexibility index (Phi) is 5.16. The van der Waals surface area contributed by atoms with Crippen molar-refractivity contribution >= 4 is 26.0 Å². The van der Waals surface area contributed by atoms with E-state index in [0.717, 1.165) is 17.3 Å². The summed E-state index contributed by atoms with van der Waals surface area (Å²) in [7, 11) is -3.29. The minimum absolute atomic E-state index is 0.0273. The van der Waals surface area contributed by atoms with Gasteiger partial charge in [0.25, 0.3) is 0 Å². The molecule has 0 spiro atoms. The summed E-state index contributed by atoms with van der Waals surface area (Å²) in [6.45, 7) is 3.77. The normalized spacial score (nSPS) is 12.6. The number of hydrogen-bond acceptors (Lipinski definition) is 2. The zero-order valence-corrected chi connectivity index (χ0v) is 12.5. The third-order valence-electron chi connectivity index (χ3n) is 2.35. The van der Waals surface area contributed by atoms with Gasteiger partial charge in [0.1, 0.15) is 0 Å². The SMILES string of the molecule is CC(C)(CCBr)NS(=O)(=O)Cc1ccccc1. The van der Waals surface area contributed by atoms with Crippen LogP contribution in [-0.2, 0) is 15.8 Å². The van der Waals surface area contributed by atoms with Crippen LogP contribution in [0.2, 0.25) is 0 Å². The van der Waals surface area contributed by atoms with Crippen molar-refractivity contribution in [3.05, 3.63) is 35.9 Å². The standard InChI is InChI=1S/C12H18BrNO2S/c1-12(2,8-9-13)14-17(15,16)10-11-6-4-3-5-7-11/h3-7,14H,8-10H2,1-2H3. The van der Waals surface area contributed by atoms with Crippen LogP contribution < -0.4 is 4.72 Å². The summed E-state index contributed by atoms with van der Waals surface area (Å²) in [5.41, 5.74) is 0.381. The highest BCUT2D eigenvalue weighted by molar-refractivity contribution is 9.09. The lowest BCUT2D eigenvalue weighted by Crippen LogP contribution is -2.44. The first kappa shape index (κ1) is 14.7. The molecule has 0 saturated heterocycles. The second-order valence-corrected chi connectivity index (χ2v) is 7.18. The van der Waals surface area contributed by atoms with Gasteiger partial charge < -0.3 is 0 Å². The maximum atomic E-state index is 12.0. The lowest BCUT2D eigenvalue weighted by molar-refractivity contribution is 0.443. The minimum atomic E-state index is -3.29. The zero-order valence-electron chi connectivity index (χ0n) is 10.1. The summed E-state index contributed by atoms with van der Waals surface area (Å²) in [6, 6.07) is 9.19. The quantitative estimate of drug-likeness (QED) is 0.819. The van der Waals surface area contributed by atoms with Gasteiger partial charge in [0.05, 0.1) is 5.75 Å². The molecule has 1 N–H and O–H groups in total. The predicted octanol–water partition coefficient (Wildman–Crippen LogP) is 2.67. The number of sulfonamides is 1. The minimum Gasteiger partial charge on any atom is -0.212 e. The number of rotatable bonds is 6. The first-order valence-corrected chi connectivity index (χ1v) is 8.23. The van der Waals surface area contributed by atoms with Gasteiger partial charge in [-0.1, -0.05) is 46.3 Å². The molecule has 1 aromatic carbocycles. The van der Waals surface area contributed by atoms with Crippen LogP contribution in [0.5, 0.6) is 0 Å². The highest BCUT2D eigenvalue weighted by Crippen LogP contribution is 2.14. The molecule has 0 unspecified atom stereocenters. The third-order valence-corrected chi connectivity index (χ3v) is 4.32. The first-order valence-electron chi connectivity index (χ1n) is 5.46. The van der Waals surface area contributed by atoms with Crippen molar-refractivity contribution in [1.29, 1.82) is 0 Å². The molecule has 0 aromatic heterocycles. The Morgan fingerprint density at radius 1 is 1.24 bits per heavy atom. The molecule has 0 bridgehead atoms. The van der Waals surface area contributed by atoms with Crippen LogP contribution in [0, 0.1) is 0 Å². The average Bonchev–Trinajstić information content (AvgIpc) is 2.15. The molecule has 0 radical (unpaired) electrons. The van der Waals surface area contributed by atoms with Crippen LogP contribution in [-0.4, -0.2) is 19.3 Å². The largest absolute Gasteiger partial charge is 0.216 e. The van der Waals surface area contributed by atoms with Gasteiger partial charge in [0, 0.05) is 10.9 Å². The van der Waals surface area contributed by atoms with Crippen LogP contribution in [0.4, 0.5) is 0 Å². The van der Waals surface area contributed by atoms with E-state index in [0.29, 0.717) is 0 Å². The molecule has 0 amide bonds. The van der Waals surface area contributed by atoms with E-state index in [-0.39, 0.29) is 5.75 Å². The summed E-state index contributed by atoms with van der Waals surface area (Å²) in [6.07, 6.45) is 0.751. The summed E-state index contributed by atoms with van der Waals surface area (Å²) in [4.78, 5) is 0. The molecule has 5 heteroatoms. The summed E-state index contributed by atoms with van der Waals surface area (Å²) >= 11 is 3.32. The maximum absolute atomic E-state index is 12.0. The van der Waals surface area contributed by atoms with Crippen molar-refractivity contribution in [2.45, 2.75) is 31.6 Å². The van der Waals surface area contributed by atoms with Crippen LogP contribution in [0.3, 0.4) is 0 Å². The van der Waals surface area contributed by atoms with Gasteiger partial charge in [-0.25, -0.2) is 13.1 Å². The van der Waals surface area contributed by atoms with E-state index in [1.165, 1.54) is 0 Å². The van der Waals surface area contributed by atoms with Crippen LogP contribution in [0.25, 0.3) is 0 Å². The molecule has 1 rings (SSSR count). The van der Waals surface area contributed by atoms with Gasteiger partial charge in [-0.05, 0) is 25.8 Å². The maximum Gasteiger partial charge on any atom is 0.216 e. The molecule has 17 heavy (non-hydrogen) atoms. The predicted molar refractivity (Wildman–Crippen MR) is 74.7 cm³/mol. The zero-order chi connectivity index (χ0) is 12.9. The summed E-state index contributed by atoms with van der Waals surface area (Å²) < 4.78 is 26.7. The number of nitrogens with one attached hydrogen (secondary N) is 1. The van der Waals surface area contributed by atoms with E-state index in [9.17, 15) is 8.42 Å².